The molecule has 0 fully saturated rings. The van der Waals surface area contributed by atoms with Crippen LogP contribution >= 0.6 is 11.8 Å². The van der Waals surface area contributed by atoms with Gasteiger partial charge in [-0.25, -0.2) is 4.98 Å². The quantitative estimate of drug-likeness (QED) is 0.358. The fourth-order valence-corrected chi connectivity index (χ4v) is 4.04. The summed E-state index contributed by atoms with van der Waals surface area (Å²) in [6.45, 7) is 0. The first-order chi connectivity index (χ1) is 15.6. The molecule has 8 heteroatoms. The molecule has 0 aliphatic rings. The fraction of sp³-hybridized carbons (Fsp3) is 0.0833. The molecule has 0 aliphatic carbocycles. The number of rotatable bonds is 6. The zero-order chi connectivity index (χ0) is 22.5. The Labute approximate surface area is 188 Å². The van der Waals surface area contributed by atoms with Crippen molar-refractivity contribution in [2.75, 3.05) is 18.2 Å². The molecule has 1 aromatic heterocycles. The fourth-order valence-electron chi connectivity index (χ4n) is 3.23. The van der Waals surface area contributed by atoms with Crippen LogP contribution in [0.15, 0.2) is 82.7 Å². The first-order valence-corrected chi connectivity index (χ1v) is 10.7. The number of fused-ring (bicyclic) bond motifs is 1. The van der Waals surface area contributed by atoms with E-state index in [-0.39, 0.29) is 17.2 Å². The Balaban J connectivity index is 1.69. The predicted molar refractivity (Wildman–Crippen MR) is 124 cm³/mol. The van der Waals surface area contributed by atoms with E-state index in [1.165, 1.54) is 11.7 Å². The smallest absolute Gasteiger partial charge is 0.266 e. The van der Waals surface area contributed by atoms with Crippen molar-refractivity contribution in [2.45, 2.75) is 5.16 Å². The van der Waals surface area contributed by atoms with Crippen LogP contribution in [0.4, 0.5) is 5.69 Å². The van der Waals surface area contributed by atoms with Gasteiger partial charge in [0.25, 0.3) is 5.56 Å². The minimum absolute atomic E-state index is 0.0245. The number of carbonyl (C=O) groups is 1. The molecule has 32 heavy (non-hydrogen) atoms. The van der Waals surface area contributed by atoms with Crippen LogP contribution in [-0.2, 0) is 4.79 Å². The number of ether oxygens (including phenoxy) is 1. The Bertz CT molecular complexity index is 1410. The van der Waals surface area contributed by atoms with Gasteiger partial charge < -0.3 is 10.1 Å². The summed E-state index contributed by atoms with van der Waals surface area (Å²) in [6.07, 6.45) is 0. The molecule has 0 bridgehead atoms. The molecule has 0 aliphatic heterocycles. The third-order valence-electron chi connectivity index (χ3n) is 4.68. The van der Waals surface area contributed by atoms with Gasteiger partial charge in [-0.15, -0.1) is 0 Å². The highest BCUT2D eigenvalue weighted by Crippen LogP contribution is 2.27. The van der Waals surface area contributed by atoms with Crippen LogP contribution in [0, 0.1) is 11.3 Å². The molecule has 1 amide bonds. The molecule has 4 aromatic rings. The maximum atomic E-state index is 13.3. The van der Waals surface area contributed by atoms with Crippen LogP contribution in [0.1, 0.15) is 5.56 Å². The highest BCUT2D eigenvalue weighted by atomic mass is 32.2. The van der Waals surface area contributed by atoms with Gasteiger partial charge in [0.1, 0.15) is 5.75 Å². The number of methoxy groups -OCH3 is 1. The van der Waals surface area contributed by atoms with E-state index in [0.29, 0.717) is 38.7 Å². The highest BCUT2D eigenvalue weighted by molar-refractivity contribution is 7.99. The minimum atomic E-state index is -0.279. The normalized spacial score (nSPS) is 10.5. The molecule has 3 aromatic carbocycles. The molecule has 0 unspecified atom stereocenters. The summed E-state index contributed by atoms with van der Waals surface area (Å²) in [5.74, 6) is 0.266. The topological polar surface area (TPSA) is 97.0 Å². The Morgan fingerprint density at radius 3 is 2.72 bits per heavy atom. The lowest BCUT2D eigenvalue weighted by Crippen LogP contribution is -2.23. The lowest BCUT2D eigenvalue weighted by Gasteiger charge is -2.15. The molecule has 0 radical (unpaired) electrons. The summed E-state index contributed by atoms with van der Waals surface area (Å²) < 4.78 is 6.91. The second-order valence-corrected chi connectivity index (χ2v) is 7.70. The molecule has 0 spiro atoms. The van der Waals surface area contributed by atoms with Gasteiger partial charge in [-0.05, 0) is 42.5 Å². The molecular weight excluding hydrogens is 424 g/mol. The van der Waals surface area contributed by atoms with E-state index < -0.39 is 0 Å². The van der Waals surface area contributed by atoms with Crippen LogP contribution in [0.3, 0.4) is 0 Å². The average molecular weight is 443 g/mol. The number of hydrogen-bond acceptors (Lipinski definition) is 6. The average Bonchev–Trinajstić information content (AvgIpc) is 2.83. The van der Waals surface area contributed by atoms with E-state index in [2.05, 4.69) is 10.3 Å². The lowest BCUT2D eigenvalue weighted by molar-refractivity contribution is -0.113. The second kappa shape index (κ2) is 9.37. The van der Waals surface area contributed by atoms with E-state index >= 15 is 0 Å². The van der Waals surface area contributed by atoms with E-state index in [4.69, 9.17) is 10.00 Å². The largest absolute Gasteiger partial charge is 0.495 e. The number of hydrogen-bond donors (Lipinski definition) is 1. The lowest BCUT2D eigenvalue weighted by atomic mass is 10.2. The van der Waals surface area contributed by atoms with E-state index in [1.54, 1.807) is 54.6 Å². The molecule has 7 nitrogen and oxygen atoms in total. The predicted octanol–water partition coefficient (Wildman–Crippen LogP) is 4.00. The number of nitrogens with one attached hydrogen (secondary N) is 1. The third kappa shape index (κ3) is 4.33. The number of amides is 1. The van der Waals surface area contributed by atoms with Gasteiger partial charge in [-0.1, -0.05) is 42.1 Å². The van der Waals surface area contributed by atoms with Crippen LogP contribution in [0.2, 0.25) is 0 Å². The van der Waals surface area contributed by atoms with Crippen molar-refractivity contribution < 1.29 is 9.53 Å². The summed E-state index contributed by atoms with van der Waals surface area (Å²) in [4.78, 5) is 30.5. The molecule has 0 saturated carbocycles. The number of thioether (sulfide) groups is 1. The molecule has 0 atom stereocenters. The van der Waals surface area contributed by atoms with Gasteiger partial charge >= 0.3 is 0 Å². The first kappa shape index (κ1) is 21.2. The van der Waals surface area contributed by atoms with Gasteiger partial charge in [0.05, 0.1) is 41.1 Å². The minimum Gasteiger partial charge on any atom is -0.495 e. The molecule has 1 N–H and O–H groups in total. The number of para-hydroxylation sites is 3. The Morgan fingerprint density at radius 2 is 1.91 bits per heavy atom. The monoisotopic (exact) mass is 442 g/mol. The van der Waals surface area contributed by atoms with Crippen molar-refractivity contribution in [3.63, 3.8) is 0 Å². The van der Waals surface area contributed by atoms with Crippen molar-refractivity contribution in [1.82, 2.24) is 9.55 Å². The van der Waals surface area contributed by atoms with Crippen molar-refractivity contribution >= 4 is 34.3 Å². The summed E-state index contributed by atoms with van der Waals surface area (Å²) in [5.41, 5.74) is 1.83. The maximum absolute atomic E-state index is 13.3. The zero-order valence-corrected chi connectivity index (χ0v) is 17.9. The van der Waals surface area contributed by atoms with Gasteiger partial charge in [0.15, 0.2) is 5.16 Å². The van der Waals surface area contributed by atoms with Crippen LogP contribution in [-0.4, -0.2) is 28.3 Å². The van der Waals surface area contributed by atoms with Crippen molar-refractivity contribution in [3.05, 3.63) is 88.7 Å². The van der Waals surface area contributed by atoms with Gasteiger partial charge in [-0.3, -0.25) is 14.2 Å². The second-order valence-electron chi connectivity index (χ2n) is 6.75. The van der Waals surface area contributed by atoms with Gasteiger partial charge in [-0.2, -0.15) is 5.26 Å². The summed E-state index contributed by atoms with van der Waals surface area (Å²) >= 11 is 1.15. The zero-order valence-electron chi connectivity index (χ0n) is 17.1. The standard InChI is InChI=1S/C24H18N4O3S/c1-31-21-12-5-4-11-20(21)28-23(30)18-9-2-3-10-19(18)27-24(28)32-15-22(29)26-17-8-6-7-16(13-17)14-25/h2-13H,15H2,1H3,(H,26,29). The van der Waals surface area contributed by atoms with E-state index in [1.807, 2.05) is 24.3 Å². The van der Waals surface area contributed by atoms with Crippen molar-refractivity contribution in [3.8, 4) is 17.5 Å². The van der Waals surface area contributed by atoms with Crippen molar-refractivity contribution in [1.29, 1.82) is 5.26 Å². The van der Waals surface area contributed by atoms with Crippen LogP contribution < -0.4 is 15.6 Å². The van der Waals surface area contributed by atoms with Crippen molar-refractivity contribution in [2.24, 2.45) is 0 Å². The number of anilines is 1. The number of aromatic nitrogens is 2. The van der Waals surface area contributed by atoms with Gasteiger partial charge in [0, 0.05) is 5.69 Å². The number of carbonyl (C=O) groups excluding carboxylic acids is 1. The third-order valence-corrected chi connectivity index (χ3v) is 5.62. The SMILES string of the molecule is COc1ccccc1-n1c(SCC(=O)Nc2cccc(C#N)c2)nc2ccccc2c1=O. The maximum Gasteiger partial charge on any atom is 0.266 e. The number of nitrogens with zero attached hydrogens (tertiary/aromatic N) is 3. The Kier molecular flexibility index (Phi) is 6.19. The van der Waals surface area contributed by atoms with Crippen LogP contribution in [0.25, 0.3) is 16.6 Å². The summed E-state index contributed by atoms with van der Waals surface area (Å²) in [6, 6.07) is 23.0. The Morgan fingerprint density at radius 1 is 1.12 bits per heavy atom. The highest BCUT2D eigenvalue weighted by Gasteiger charge is 2.17. The van der Waals surface area contributed by atoms with E-state index in [9.17, 15) is 9.59 Å². The summed E-state index contributed by atoms with van der Waals surface area (Å²) in [5, 5.41) is 12.6. The number of benzene rings is 3. The van der Waals surface area contributed by atoms with Crippen LogP contribution in [0.5, 0.6) is 5.75 Å². The summed E-state index contributed by atoms with van der Waals surface area (Å²) in [7, 11) is 1.54. The molecule has 0 saturated heterocycles. The number of nitriles is 1. The molecular formula is C24H18N4O3S. The molecule has 1 heterocycles. The van der Waals surface area contributed by atoms with Gasteiger partial charge in [0.2, 0.25) is 5.91 Å². The Hall–Kier alpha value is -4.09. The van der Waals surface area contributed by atoms with E-state index in [0.717, 1.165) is 11.8 Å². The molecule has 4 rings (SSSR count). The first-order valence-electron chi connectivity index (χ1n) is 9.68. The molecule has 158 valence electrons.